The molecule has 168 valence electrons. The summed E-state index contributed by atoms with van der Waals surface area (Å²) >= 11 is 7.56. The molecule has 2 heterocycles. The summed E-state index contributed by atoms with van der Waals surface area (Å²) < 4.78 is 30.3. The Morgan fingerprint density at radius 1 is 1.25 bits per heavy atom. The number of hydrogen-bond donors (Lipinski definition) is 1. The second kappa shape index (κ2) is 9.51. The maximum Gasteiger partial charge on any atom is 0.230 e. The molecule has 0 saturated carbocycles. The molecular formula is C21H21ClN4O4S2. The van der Waals surface area contributed by atoms with Crippen LogP contribution < -0.4 is 10.1 Å². The number of carbonyl (C=O) groups excluding carboxylic acids is 1. The number of carbonyl (C=O) groups is 1. The van der Waals surface area contributed by atoms with Gasteiger partial charge < -0.3 is 10.1 Å². The quantitative estimate of drug-likeness (QED) is 0.505. The molecule has 0 spiro atoms. The monoisotopic (exact) mass is 492 g/mol. The van der Waals surface area contributed by atoms with E-state index < -0.39 is 9.84 Å². The number of nitrogens with zero attached hydrogens (tertiary/aromatic N) is 3. The molecule has 11 heteroatoms. The molecule has 0 unspecified atom stereocenters. The van der Waals surface area contributed by atoms with E-state index in [0.717, 1.165) is 11.3 Å². The van der Waals surface area contributed by atoms with E-state index in [1.54, 1.807) is 19.2 Å². The fourth-order valence-electron chi connectivity index (χ4n) is 3.47. The molecule has 3 aromatic rings. The van der Waals surface area contributed by atoms with Crippen LogP contribution in [0.4, 0.5) is 0 Å². The smallest absolute Gasteiger partial charge is 0.230 e. The minimum absolute atomic E-state index is 0.0118. The van der Waals surface area contributed by atoms with Crippen molar-refractivity contribution >= 4 is 39.1 Å². The first-order chi connectivity index (χ1) is 15.4. The van der Waals surface area contributed by atoms with Crippen LogP contribution in [0.3, 0.4) is 0 Å². The molecule has 4 rings (SSSR count). The molecule has 1 fully saturated rings. The first kappa shape index (κ1) is 22.6. The van der Waals surface area contributed by atoms with Gasteiger partial charge in [-0.1, -0.05) is 53.7 Å². The fourth-order valence-corrected chi connectivity index (χ4v) is 6.16. The van der Waals surface area contributed by atoms with Gasteiger partial charge in [0.25, 0.3) is 0 Å². The number of sulfone groups is 1. The number of thioether (sulfide) groups is 1. The lowest BCUT2D eigenvalue weighted by atomic mass is 10.2. The number of methoxy groups -OCH3 is 1. The summed E-state index contributed by atoms with van der Waals surface area (Å²) in [6.45, 7) is 0. The average Bonchev–Trinajstić information content (AvgIpc) is 3.35. The molecule has 1 aromatic heterocycles. The summed E-state index contributed by atoms with van der Waals surface area (Å²) in [5, 5.41) is 12.4. The number of benzene rings is 2. The molecule has 0 bridgehead atoms. The van der Waals surface area contributed by atoms with Crippen molar-refractivity contribution in [2.24, 2.45) is 0 Å². The standard InChI is InChI=1S/C21H21ClN4O4S2/c1-30-18-8-7-16(11-17(18)22)26-20(14-5-3-2-4-6-14)24-25-21(26)31-12-19(27)23-15-9-10-32(28,29)13-15/h2-8,11,15H,9-10,12-13H2,1H3,(H,23,27)/t15-/m0/s1. The lowest BCUT2D eigenvalue weighted by molar-refractivity contribution is -0.119. The van der Waals surface area contributed by atoms with Gasteiger partial charge in [-0.15, -0.1) is 10.2 Å². The minimum atomic E-state index is -3.06. The van der Waals surface area contributed by atoms with Crippen LogP contribution in [0.25, 0.3) is 17.1 Å². The maximum absolute atomic E-state index is 12.4. The Balaban J connectivity index is 1.59. The van der Waals surface area contributed by atoms with Crippen molar-refractivity contribution in [1.29, 1.82) is 0 Å². The van der Waals surface area contributed by atoms with E-state index in [1.165, 1.54) is 11.8 Å². The maximum atomic E-state index is 12.4. The zero-order valence-electron chi connectivity index (χ0n) is 17.2. The van der Waals surface area contributed by atoms with Crippen molar-refractivity contribution in [3.63, 3.8) is 0 Å². The molecule has 0 radical (unpaired) electrons. The lowest BCUT2D eigenvalue weighted by Gasteiger charge is -2.13. The second-order valence-electron chi connectivity index (χ2n) is 7.28. The minimum Gasteiger partial charge on any atom is -0.495 e. The number of ether oxygens (including phenoxy) is 1. The van der Waals surface area contributed by atoms with Crippen LogP contribution in [0.5, 0.6) is 5.75 Å². The zero-order chi connectivity index (χ0) is 22.7. The summed E-state index contributed by atoms with van der Waals surface area (Å²) in [6.07, 6.45) is 0.442. The van der Waals surface area contributed by atoms with Crippen LogP contribution in [-0.2, 0) is 14.6 Å². The molecule has 1 N–H and O–H groups in total. The van der Waals surface area contributed by atoms with E-state index >= 15 is 0 Å². The molecule has 1 amide bonds. The predicted molar refractivity (Wildman–Crippen MR) is 124 cm³/mol. The number of rotatable bonds is 7. The van der Waals surface area contributed by atoms with Gasteiger partial charge in [0.1, 0.15) is 5.75 Å². The molecule has 32 heavy (non-hydrogen) atoms. The van der Waals surface area contributed by atoms with Crippen molar-refractivity contribution < 1.29 is 17.9 Å². The van der Waals surface area contributed by atoms with Crippen molar-refractivity contribution in [2.75, 3.05) is 24.4 Å². The SMILES string of the molecule is COc1ccc(-n2c(SCC(=O)N[C@H]3CCS(=O)(=O)C3)nnc2-c2ccccc2)cc1Cl. The molecule has 8 nitrogen and oxygen atoms in total. The molecular weight excluding hydrogens is 472 g/mol. The third-order valence-electron chi connectivity index (χ3n) is 4.99. The van der Waals surface area contributed by atoms with Gasteiger partial charge >= 0.3 is 0 Å². The lowest BCUT2D eigenvalue weighted by Crippen LogP contribution is -2.36. The Hall–Kier alpha value is -2.56. The van der Waals surface area contributed by atoms with Gasteiger partial charge in [-0.3, -0.25) is 9.36 Å². The van der Waals surface area contributed by atoms with E-state index in [9.17, 15) is 13.2 Å². The van der Waals surface area contributed by atoms with Gasteiger partial charge in [-0.2, -0.15) is 0 Å². The highest BCUT2D eigenvalue weighted by molar-refractivity contribution is 7.99. The molecule has 1 aliphatic heterocycles. The topological polar surface area (TPSA) is 103 Å². The third kappa shape index (κ3) is 5.08. The number of aromatic nitrogens is 3. The molecule has 2 aromatic carbocycles. The third-order valence-corrected chi connectivity index (χ3v) is 7.98. The Morgan fingerprint density at radius 3 is 2.69 bits per heavy atom. The van der Waals surface area contributed by atoms with Gasteiger partial charge in [0, 0.05) is 11.6 Å². The van der Waals surface area contributed by atoms with Crippen molar-refractivity contribution in [2.45, 2.75) is 17.6 Å². The number of amides is 1. The Kier molecular flexibility index (Phi) is 6.73. The van der Waals surface area contributed by atoms with E-state index in [2.05, 4.69) is 15.5 Å². The van der Waals surface area contributed by atoms with E-state index in [1.807, 2.05) is 41.0 Å². The van der Waals surface area contributed by atoms with Crippen LogP contribution in [0, 0.1) is 0 Å². The molecule has 1 atom stereocenters. The molecule has 0 aliphatic carbocycles. The van der Waals surface area contributed by atoms with Gasteiger partial charge in [0.15, 0.2) is 20.8 Å². The second-order valence-corrected chi connectivity index (χ2v) is 10.9. The predicted octanol–water partition coefficient (Wildman–Crippen LogP) is 2.99. The highest BCUT2D eigenvalue weighted by Crippen LogP contribution is 2.32. The van der Waals surface area contributed by atoms with Crippen LogP contribution in [0.2, 0.25) is 5.02 Å². The van der Waals surface area contributed by atoms with Gasteiger partial charge in [-0.25, -0.2) is 8.42 Å². The summed E-state index contributed by atoms with van der Waals surface area (Å²) in [5.74, 6) is 1.08. The van der Waals surface area contributed by atoms with E-state index in [0.29, 0.717) is 28.2 Å². The Labute approximate surface area is 195 Å². The van der Waals surface area contributed by atoms with Crippen LogP contribution in [-0.4, -0.2) is 59.5 Å². The van der Waals surface area contributed by atoms with E-state index in [4.69, 9.17) is 16.3 Å². The fraction of sp³-hybridized carbons (Fsp3) is 0.286. The van der Waals surface area contributed by atoms with Gasteiger partial charge in [-0.05, 0) is 24.6 Å². The Morgan fingerprint density at radius 2 is 2.03 bits per heavy atom. The molecule has 1 saturated heterocycles. The van der Waals surface area contributed by atoms with Crippen LogP contribution >= 0.6 is 23.4 Å². The summed E-state index contributed by atoms with van der Waals surface area (Å²) in [5.41, 5.74) is 1.59. The first-order valence-corrected chi connectivity index (χ1v) is 13.0. The zero-order valence-corrected chi connectivity index (χ0v) is 19.6. The van der Waals surface area contributed by atoms with Gasteiger partial charge in [0.05, 0.1) is 35.1 Å². The molecule has 1 aliphatic rings. The summed E-state index contributed by atoms with van der Waals surface area (Å²) in [7, 11) is -1.51. The highest BCUT2D eigenvalue weighted by Gasteiger charge is 2.29. The normalized spacial score (nSPS) is 17.2. The van der Waals surface area contributed by atoms with Crippen LogP contribution in [0.15, 0.2) is 53.7 Å². The van der Waals surface area contributed by atoms with E-state index in [-0.39, 0.29) is 29.2 Å². The first-order valence-electron chi connectivity index (χ1n) is 9.83. The number of halogens is 1. The summed E-state index contributed by atoms with van der Waals surface area (Å²) in [6, 6.07) is 14.6. The number of nitrogens with one attached hydrogen (secondary N) is 1. The largest absolute Gasteiger partial charge is 0.495 e. The summed E-state index contributed by atoms with van der Waals surface area (Å²) in [4.78, 5) is 12.4. The average molecular weight is 493 g/mol. The van der Waals surface area contributed by atoms with Crippen molar-refractivity contribution in [3.05, 3.63) is 53.6 Å². The van der Waals surface area contributed by atoms with Crippen molar-refractivity contribution in [3.8, 4) is 22.8 Å². The van der Waals surface area contributed by atoms with Crippen molar-refractivity contribution in [1.82, 2.24) is 20.1 Å². The Bertz CT molecular complexity index is 1230. The van der Waals surface area contributed by atoms with Crippen LogP contribution in [0.1, 0.15) is 6.42 Å². The highest BCUT2D eigenvalue weighted by atomic mass is 35.5. The number of hydrogen-bond acceptors (Lipinski definition) is 7. The van der Waals surface area contributed by atoms with Gasteiger partial charge in [0.2, 0.25) is 5.91 Å².